The summed E-state index contributed by atoms with van der Waals surface area (Å²) in [6, 6.07) is 21.4. The molecule has 0 spiro atoms. The Kier molecular flexibility index (Phi) is 7.21. The number of rotatable bonds is 7. The van der Waals surface area contributed by atoms with Crippen molar-refractivity contribution >= 4 is 17.5 Å². The van der Waals surface area contributed by atoms with Crippen molar-refractivity contribution in [3.8, 4) is 11.5 Å². The molecular weight excluding hydrogens is 436 g/mol. The van der Waals surface area contributed by atoms with E-state index >= 15 is 0 Å². The minimum absolute atomic E-state index is 0.0415. The summed E-state index contributed by atoms with van der Waals surface area (Å²) in [5.74, 6) is 1.23. The van der Waals surface area contributed by atoms with Gasteiger partial charge in [0.15, 0.2) is 11.5 Å². The number of halogens is 1. The first-order valence-electron chi connectivity index (χ1n) is 11.1. The molecule has 4 rings (SSSR count). The first-order valence-corrected chi connectivity index (χ1v) is 11.5. The van der Waals surface area contributed by atoms with Gasteiger partial charge in [-0.2, -0.15) is 0 Å². The Morgan fingerprint density at radius 1 is 1.06 bits per heavy atom. The molecule has 0 saturated heterocycles. The number of carbonyl (C=O) groups excluding carboxylic acids is 1. The second-order valence-electron chi connectivity index (χ2n) is 8.30. The molecule has 172 valence electrons. The zero-order valence-corrected chi connectivity index (χ0v) is 19.9. The van der Waals surface area contributed by atoms with Crippen LogP contribution in [0.15, 0.2) is 66.7 Å². The Hall–Kier alpha value is -3.02. The number of carbonyl (C=O) groups is 1. The Morgan fingerprint density at radius 2 is 1.73 bits per heavy atom. The maximum absolute atomic E-state index is 13.1. The van der Waals surface area contributed by atoms with Gasteiger partial charge in [0, 0.05) is 19.1 Å². The highest BCUT2D eigenvalue weighted by Crippen LogP contribution is 2.40. The van der Waals surface area contributed by atoms with Gasteiger partial charge in [-0.3, -0.25) is 9.69 Å². The van der Waals surface area contributed by atoms with Crippen LogP contribution in [0.1, 0.15) is 40.0 Å². The lowest BCUT2D eigenvalue weighted by Crippen LogP contribution is -2.47. The quantitative estimate of drug-likeness (QED) is 0.517. The van der Waals surface area contributed by atoms with Crippen molar-refractivity contribution < 1.29 is 14.3 Å². The van der Waals surface area contributed by atoms with Crippen molar-refractivity contribution in [2.75, 3.05) is 20.8 Å². The van der Waals surface area contributed by atoms with Gasteiger partial charge in [0.2, 0.25) is 0 Å². The maximum atomic E-state index is 13.1. The van der Waals surface area contributed by atoms with Crippen LogP contribution in [-0.4, -0.2) is 37.6 Å². The number of amides is 1. The monoisotopic (exact) mass is 464 g/mol. The molecule has 0 saturated carbocycles. The summed E-state index contributed by atoms with van der Waals surface area (Å²) in [5, 5.41) is 3.64. The van der Waals surface area contributed by atoms with Crippen LogP contribution in [0.3, 0.4) is 0 Å². The van der Waals surface area contributed by atoms with Gasteiger partial charge in [-0.05, 0) is 54.3 Å². The van der Waals surface area contributed by atoms with Crippen molar-refractivity contribution in [2.45, 2.75) is 32.0 Å². The van der Waals surface area contributed by atoms with E-state index in [1.54, 1.807) is 26.4 Å². The number of fused-ring (bicyclic) bond motifs is 1. The molecule has 1 aliphatic rings. The van der Waals surface area contributed by atoms with Gasteiger partial charge in [0.25, 0.3) is 5.91 Å². The highest BCUT2D eigenvalue weighted by molar-refractivity contribution is 6.33. The first kappa shape index (κ1) is 23.1. The van der Waals surface area contributed by atoms with E-state index < -0.39 is 0 Å². The topological polar surface area (TPSA) is 50.8 Å². The third-order valence-corrected chi connectivity index (χ3v) is 6.53. The fraction of sp³-hybridized carbons (Fsp3) is 0.296. The van der Waals surface area contributed by atoms with E-state index in [1.165, 1.54) is 11.1 Å². The lowest BCUT2D eigenvalue weighted by atomic mass is 9.87. The third-order valence-electron chi connectivity index (χ3n) is 6.21. The summed E-state index contributed by atoms with van der Waals surface area (Å²) in [6.45, 7) is 3.70. The molecule has 3 aromatic carbocycles. The Labute approximate surface area is 200 Å². The van der Waals surface area contributed by atoms with Gasteiger partial charge in [-0.15, -0.1) is 0 Å². The molecule has 33 heavy (non-hydrogen) atoms. The molecule has 0 bridgehead atoms. The van der Waals surface area contributed by atoms with Crippen LogP contribution < -0.4 is 14.8 Å². The number of ether oxygens (including phenoxy) is 2. The van der Waals surface area contributed by atoms with Crippen LogP contribution in [0.4, 0.5) is 0 Å². The molecule has 5 nitrogen and oxygen atoms in total. The van der Waals surface area contributed by atoms with Crippen LogP contribution >= 0.6 is 11.6 Å². The summed E-state index contributed by atoms with van der Waals surface area (Å²) >= 11 is 6.28. The van der Waals surface area contributed by atoms with Crippen LogP contribution in [0.2, 0.25) is 5.02 Å². The predicted molar refractivity (Wildman–Crippen MR) is 131 cm³/mol. The van der Waals surface area contributed by atoms with Crippen molar-refractivity contribution in [2.24, 2.45) is 0 Å². The summed E-state index contributed by atoms with van der Waals surface area (Å²) in [7, 11) is 3.30. The number of hydrogen-bond donors (Lipinski definition) is 1. The predicted octanol–water partition coefficient (Wildman–Crippen LogP) is 5.28. The minimum atomic E-state index is -0.180. The zero-order chi connectivity index (χ0) is 23.4. The van der Waals surface area contributed by atoms with Gasteiger partial charge in [-0.25, -0.2) is 0 Å². The molecule has 1 aliphatic heterocycles. The Balaban J connectivity index is 1.69. The van der Waals surface area contributed by atoms with E-state index in [-0.39, 0.29) is 18.0 Å². The van der Waals surface area contributed by atoms with Crippen molar-refractivity contribution in [1.29, 1.82) is 0 Å². The SMILES string of the molecule is COc1cc2c(cc1OC)[C@@H]([C@H](C)NC(=O)c1ccccc1Cl)N(Cc1ccccc1)CC2. The molecule has 0 aliphatic carbocycles. The Bertz CT molecular complexity index is 1120. The second kappa shape index (κ2) is 10.3. The van der Waals surface area contributed by atoms with Gasteiger partial charge >= 0.3 is 0 Å². The highest BCUT2D eigenvalue weighted by atomic mass is 35.5. The number of hydrogen-bond acceptors (Lipinski definition) is 4. The van der Waals surface area contributed by atoms with E-state index in [1.807, 2.05) is 31.2 Å². The molecule has 1 N–H and O–H groups in total. The van der Waals surface area contributed by atoms with Crippen molar-refractivity contribution in [3.63, 3.8) is 0 Å². The van der Waals surface area contributed by atoms with E-state index in [0.29, 0.717) is 16.3 Å². The van der Waals surface area contributed by atoms with E-state index in [0.717, 1.165) is 30.8 Å². The largest absolute Gasteiger partial charge is 0.493 e. The molecule has 0 radical (unpaired) electrons. The summed E-state index contributed by atoms with van der Waals surface area (Å²) < 4.78 is 11.1. The van der Waals surface area contributed by atoms with Crippen LogP contribution in [-0.2, 0) is 13.0 Å². The molecule has 0 unspecified atom stereocenters. The average molecular weight is 465 g/mol. The molecule has 1 amide bonds. The number of nitrogens with zero attached hydrogens (tertiary/aromatic N) is 1. The van der Waals surface area contributed by atoms with Crippen LogP contribution in [0.25, 0.3) is 0 Å². The summed E-state index contributed by atoms with van der Waals surface area (Å²) in [5.41, 5.74) is 4.06. The van der Waals surface area contributed by atoms with Gasteiger partial charge in [-0.1, -0.05) is 54.1 Å². The lowest BCUT2D eigenvalue weighted by Gasteiger charge is -2.41. The van der Waals surface area contributed by atoms with Crippen LogP contribution in [0, 0.1) is 0 Å². The third kappa shape index (κ3) is 5.00. The Morgan fingerprint density at radius 3 is 2.42 bits per heavy atom. The molecule has 2 atom stereocenters. The van der Waals surface area contributed by atoms with E-state index in [4.69, 9.17) is 21.1 Å². The van der Waals surface area contributed by atoms with Gasteiger partial charge in [0.05, 0.1) is 30.8 Å². The fourth-order valence-corrected chi connectivity index (χ4v) is 4.84. The summed E-state index contributed by atoms with van der Waals surface area (Å²) in [6.07, 6.45) is 0.893. The number of methoxy groups -OCH3 is 2. The smallest absolute Gasteiger partial charge is 0.253 e. The van der Waals surface area contributed by atoms with Crippen molar-refractivity contribution in [3.05, 3.63) is 94.0 Å². The zero-order valence-electron chi connectivity index (χ0n) is 19.2. The van der Waals surface area contributed by atoms with Gasteiger partial charge < -0.3 is 14.8 Å². The molecule has 3 aromatic rings. The molecule has 0 fully saturated rings. The van der Waals surface area contributed by atoms with Gasteiger partial charge in [0.1, 0.15) is 0 Å². The maximum Gasteiger partial charge on any atom is 0.253 e. The van der Waals surface area contributed by atoms with Crippen molar-refractivity contribution in [1.82, 2.24) is 10.2 Å². The molecule has 0 aromatic heterocycles. The second-order valence-corrected chi connectivity index (χ2v) is 8.71. The first-order chi connectivity index (χ1) is 16.0. The highest BCUT2D eigenvalue weighted by Gasteiger charge is 2.34. The van der Waals surface area contributed by atoms with E-state index in [2.05, 4.69) is 40.5 Å². The molecule has 1 heterocycles. The fourth-order valence-electron chi connectivity index (χ4n) is 4.62. The lowest BCUT2D eigenvalue weighted by molar-refractivity contribution is 0.0877. The van der Waals surface area contributed by atoms with E-state index in [9.17, 15) is 4.79 Å². The molecule has 6 heteroatoms. The minimum Gasteiger partial charge on any atom is -0.493 e. The summed E-state index contributed by atoms with van der Waals surface area (Å²) in [4.78, 5) is 15.5. The van der Waals surface area contributed by atoms with Crippen LogP contribution in [0.5, 0.6) is 11.5 Å². The average Bonchev–Trinajstić information content (AvgIpc) is 2.83. The molecular formula is C27H29ClN2O3. The number of benzene rings is 3. The number of nitrogens with one attached hydrogen (secondary N) is 1. The standard InChI is InChI=1S/C27H29ClN2O3/c1-18(29-27(31)21-11-7-8-12-23(21)28)26-22-16-25(33-3)24(32-2)15-20(22)13-14-30(26)17-19-9-5-4-6-10-19/h4-12,15-16,18,26H,13-14,17H2,1-3H3,(H,29,31)/t18-,26+/m0/s1. The normalized spacial score (nSPS) is 16.5.